The number of rotatable bonds is 0. The molecule has 0 unspecified atom stereocenters. The Balaban J connectivity index is -0.0000000591. The average molecular weight is 355 g/mol. The van der Waals surface area contributed by atoms with Crippen LogP contribution in [-0.2, 0) is 4.74 Å². The third-order valence-electron chi connectivity index (χ3n) is 0.952. The van der Waals surface area contributed by atoms with Gasteiger partial charge in [-0.05, 0) is 6.42 Å². The van der Waals surface area contributed by atoms with Crippen molar-refractivity contribution in [3.05, 3.63) is 6.61 Å². The third-order valence-corrected chi connectivity index (χ3v) is 0.952. The zero-order chi connectivity index (χ0) is 18.6. The summed E-state index contributed by atoms with van der Waals surface area (Å²) >= 11 is 0. The normalized spacial score (nSPS) is 11.0. The van der Waals surface area contributed by atoms with E-state index in [2.05, 4.69) is 0 Å². The molecule has 0 aromatic heterocycles. The summed E-state index contributed by atoms with van der Waals surface area (Å²) in [6.45, 7) is 2.84. The summed E-state index contributed by atoms with van der Waals surface area (Å²) in [6.07, 6.45) is 3.72. The molecule has 1 fully saturated rings. The molecule has 13 nitrogen and oxygen atoms in total. The molecule has 0 radical (unpaired) electrons. The van der Waals surface area contributed by atoms with Crippen LogP contribution in [0.2, 0.25) is 0 Å². The number of ether oxygens (including phenoxy) is 1. The Kier molecular flexibility index (Phi) is 46.5. The quantitative estimate of drug-likeness (QED) is 0.142. The molecule has 0 amide bonds. The molecular weight excluding hydrogens is 334 g/mol. The van der Waals surface area contributed by atoms with E-state index in [9.17, 15) is 0 Å². The van der Waals surface area contributed by atoms with Crippen LogP contribution in [-0.4, -0.2) is 96.2 Å². The monoisotopic (exact) mass is 356 g/mol. The van der Waals surface area contributed by atoms with Crippen molar-refractivity contribution < 1.29 is 94.6 Å². The largest absolute Gasteiger partial charge is 1.00 e. The molecule has 1 aliphatic rings. The van der Waals surface area contributed by atoms with Crippen LogP contribution < -0.4 is 29.6 Å². The maximum atomic E-state index is 7.17. The minimum atomic E-state index is -2.17. The second-order valence-corrected chi connectivity index (χ2v) is 2.92. The van der Waals surface area contributed by atoms with Gasteiger partial charge in [0, 0.05) is 6.61 Å². The molecule has 0 aromatic carbocycles. The van der Waals surface area contributed by atoms with E-state index in [1.165, 1.54) is 12.8 Å². The maximum absolute atomic E-state index is 7.17. The second-order valence-electron chi connectivity index (χ2n) is 2.92. The van der Waals surface area contributed by atoms with E-state index >= 15 is 0 Å². The first-order valence-corrected chi connectivity index (χ1v) is 5.53. The standard InChI is InChI=1S/C5H9O.4BH3O3.Na/c1-2-4-6-5-3-1;4*2-1(3)4;/h4H,1-3,5H2;4*2-4H;/q-1;;;;;+1. The average Bonchev–Trinajstić information content (AvgIpc) is 2.28. The molecule has 0 atom stereocenters. The predicted molar refractivity (Wildman–Crippen MR) is 73.7 cm³/mol. The second kappa shape index (κ2) is 30.6. The van der Waals surface area contributed by atoms with Crippen molar-refractivity contribution in [2.75, 3.05) is 6.61 Å². The van der Waals surface area contributed by atoms with Gasteiger partial charge in [0.25, 0.3) is 0 Å². The topological polar surface area (TPSA) is 252 Å². The van der Waals surface area contributed by atoms with E-state index < -0.39 is 29.3 Å². The summed E-state index contributed by atoms with van der Waals surface area (Å²) in [5.74, 6) is 0. The Morgan fingerprint density at radius 3 is 0.870 bits per heavy atom. The van der Waals surface area contributed by atoms with Gasteiger partial charge in [-0.25, -0.2) is 6.61 Å². The molecule has 1 heterocycles. The molecule has 0 bridgehead atoms. The third kappa shape index (κ3) is 215. The molecule has 0 saturated carbocycles. The fraction of sp³-hybridized carbons (Fsp3) is 0.800. The van der Waals surface area contributed by atoms with E-state index in [0.29, 0.717) is 0 Å². The van der Waals surface area contributed by atoms with Gasteiger partial charge in [0.05, 0.1) is 0 Å². The van der Waals surface area contributed by atoms with Crippen LogP contribution in [0.25, 0.3) is 0 Å². The number of hydrogen-bond acceptors (Lipinski definition) is 13. The minimum Gasteiger partial charge on any atom is -0.552 e. The zero-order valence-electron chi connectivity index (χ0n) is 12.5. The van der Waals surface area contributed by atoms with Crippen molar-refractivity contribution in [2.24, 2.45) is 0 Å². The molecule has 23 heavy (non-hydrogen) atoms. The van der Waals surface area contributed by atoms with Gasteiger partial charge in [-0.2, -0.15) is 6.42 Å². The van der Waals surface area contributed by atoms with Gasteiger partial charge < -0.3 is 65.0 Å². The van der Waals surface area contributed by atoms with Crippen molar-refractivity contribution in [3.63, 3.8) is 0 Å². The molecule has 132 valence electrons. The van der Waals surface area contributed by atoms with Gasteiger partial charge in [-0.15, -0.1) is 0 Å². The number of hydrogen-bond donors (Lipinski definition) is 12. The van der Waals surface area contributed by atoms with Crippen LogP contribution in [0, 0.1) is 6.61 Å². The van der Waals surface area contributed by atoms with Gasteiger partial charge in [0.15, 0.2) is 0 Å². The Morgan fingerprint density at radius 1 is 0.565 bits per heavy atom. The predicted octanol–water partition coefficient (Wildman–Crippen LogP) is -9.85. The van der Waals surface area contributed by atoms with E-state index in [0.717, 1.165) is 13.0 Å². The Labute approximate surface area is 156 Å². The summed E-state index contributed by atoms with van der Waals surface area (Å²) in [6, 6.07) is 0. The summed E-state index contributed by atoms with van der Waals surface area (Å²) in [4.78, 5) is 0. The van der Waals surface area contributed by atoms with E-state index in [1.807, 2.05) is 6.61 Å². The van der Waals surface area contributed by atoms with Gasteiger partial charge >= 0.3 is 58.8 Å². The zero-order valence-corrected chi connectivity index (χ0v) is 14.5. The van der Waals surface area contributed by atoms with Crippen LogP contribution in [0.4, 0.5) is 0 Å². The van der Waals surface area contributed by atoms with Crippen molar-refractivity contribution in [1.29, 1.82) is 0 Å². The maximum Gasteiger partial charge on any atom is 1.00 e. The first-order chi connectivity index (χ1) is 9.93. The molecule has 12 N–H and O–H groups in total. The van der Waals surface area contributed by atoms with Crippen LogP contribution in [0.15, 0.2) is 0 Å². The Hall–Kier alpha value is 0.740. The first-order valence-electron chi connectivity index (χ1n) is 5.53. The fourth-order valence-electron chi connectivity index (χ4n) is 0.580. The summed E-state index contributed by atoms with van der Waals surface area (Å²) < 4.78 is 4.94. The van der Waals surface area contributed by atoms with Gasteiger partial charge in [-0.1, -0.05) is 6.42 Å². The van der Waals surface area contributed by atoms with Crippen molar-refractivity contribution in [3.8, 4) is 0 Å². The molecule has 0 aliphatic carbocycles. The fourth-order valence-corrected chi connectivity index (χ4v) is 0.580. The SMILES string of the molecule is OB(O)O.OB(O)O.OB(O)O.OB(O)O.[CH-]1CCCCO1.[Na+]. The van der Waals surface area contributed by atoms with Gasteiger partial charge in [-0.3, -0.25) is 0 Å². The minimum absolute atomic E-state index is 0. The molecule has 1 rings (SSSR count). The van der Waals surface area contributed by atoms with Crippen molar-refractivity contribution >= 4 is 29.3 Å². The van der Waals surface area contributed by atoms with Crippen LogP contribution in [0.1, 0.15) is 19.3 Å². The van der Waals surface area contributed by atoms with Gasteiger partial charge in [0.2, 0.25) is 0 Å². The molecule has 0 aromatic rings. The smallest absolute Gasteiger partial charge is 0.552 e. The molecule has 1 aliphatic heterocycles. The first kappa shape index (κ1) is 35.0. The summed E-state index contributed by atoms with van der Waals surface area (Å²) in [5.41, 5.74) is 0. The van der Waals surface area contributed by atoms with Crippen LogP contribution in [0.3, 0.4) is 0 Å². The van der Waals surface area contributed by atoms with E-state index in [1.54, 1.807) is 0 Å². The molecule has 0 spiro atoms. The van der Waals surface area contributed by atoms with Crippen LogP contribution >= 0.6 is 0 Å². The summed E-state index contributed by atoms with van der Waals surface area (Å²) in [5, 5.41) is 86.0. The molecule has 1 saturated heterocycles. The van der Waals surface area contributed by atoms with Crippen molar-refractivity contribution in [1.82, 2.24) is 0 Å². The Bertz CT molecular complexity index is 128. The van der Waals surface area contributed by atoms with Crippen molar-refractivity contribution in [2.45, 2.75) is 19.3 Å². The van der Waals surface area contributed by atoms with Crippen LogP contribution in [0.5, 0.6) is 0 Å². The molecule has 18 heteroatoms. The van der Waals surface area contributed by atoms with E-state index in [4.69, 9.17) is 65.0 Å². The van der Waals surface area contributed by atoms with Gasteiger partial charge in [0.1, 0.15) is 0 Å². The summed E-state index contributed by atoms with van der Waals surface area (Å²) in [7, 11) is -8.67. The molecular formula is C5H21B4NaO13. The Morgan fingerprint density at radius 2 is 0.826 bits per heavy atom. The van der Waals surface area contributed by atoms with E-state index in [-0.39, 0.29) is 29.6 Å².